The summed E-state index contributed by atoms with van der Waals surface area (Å²) in [7, 11) is 55.7. The molecule has 5 nitrogen and oxygen atoms in total. The molecule has 3 heterocycles. The van der Waals surface area contributed by atoms with Gasteiger partial charge in [0.15, 0.2) is 11.6 Å². The van der Waals surface area contributed by atoms with Crippen molar-refractivity contribution in [2.75, 3.05) is 0 Å². The molecule has 0 amide bonds. The molecular weight excluding hydrogens is 769 g/mol. The number of hydrogen-bond donors (Lipinski definition) is 0. The topological polar surface area (TPSA) is 48.5 Å². The standard InChI is InChI=1S/C51H25B8N5/c52-33-24-35(54)45-37(41(33)56)39-43(58)44(59)40-38-42(57)34(53)25-36(55)46(38)64(51-61-49(27-14-6-2-7-15-27)60-50(62-51)28-16-8-3-9-17-28)48(40)47(39)63(45)32-21-11-20-31(23-32)30-19-10-18-29(22-30)26-12-4-1-5-13-26/h1-25H. The zero-order valence-electron chi connectivity index (χ0n) is 34.3. The highest BCUT2D eigenvalue weighted by atomic mass is 15.2. The molecule has 0 fully saturated rings. The van der Waals surface area contributed by atoms with Crippen molar-refractivity contribution in [3.8, 4) is 56.7 Å². The van der Waals surface area contributed by atoms with E-state index in [0.717, 1.165) is 39.1 Å². The normalized spacial score (nSPS) is 11.6. The van der Waals surface area contributed by atoms with E-state index >= 15 is 0 Å². The van der Waals surface area contributed by atoms with Crippen LogP contribution in [0.2, 0.25) is 0 Å². The third-order valence-corrected chi connectivity index (χ3v) is 12.0. The minimum atomic E-state index is 0.217. The van der Waals surface area contributed by atoms with Gasteiger partial charge < -0.3 is 4.57 Å². The molecule has 64 heavy (non-hydrogen) atoms. The number of rotatable bonds is 6. The average molecular weight is 794 g/mol. The van der Waals surface area contributed by atoms with Crippen LogP contribution in [0.25, 0.3) is 100 Å². The zero-order valence-corrected chi connectivity index (χ0v) is 34.3. The van der Waals surface area contributed by atoms with Gasteiger partial charge in [-0.05, 0) is 51.2 Å². The van der Waals surface area contributed by atoms with Crippen molar-refractivity contribution in [1.29, 1.82) is 0 Å². The van der Waals surface area contributed by atoms with Crippen molar-refractivity contribution in [3.63, 3.8) is 0 Å². The summed E-state index contributed by atoms with van der Waals surface area (Å²) in [6, 6.07) is 49.5. The van der Waals surface area contributed by atoms with Gasteiger partial charge in [-0.1, -0.05) is 166 Å². The quantitative estimate of drug-likeness (QED) is 0.244. The summed E-state index contributed by atoms with van der Waals surface area (Å²) in [6.07, 6.45) is 0. The summed E-state index contributed by atoms with van der Waals surface area (Å²) in [4.78, 5) is 15.3. The molecule has 16 radical (unpaired) electrons. The number of hydrogen-bond acceptors (Lipinski definition) is 3. The van der Waals surface area contributed by atoms with Crippen LogP contribution < -0.4 is 43.7 Å². The second kappa shape index (κ2) is 15.3. The lowest BCUT2D eigenvalue weighted by Gasteiger charge is -2.16. The van der Waals surface area contributed by atoms with Crippen LogP contribution in [0.1, 0.15) is 0 Å². The van der Waals surface area contributed by atoms with Crippen LogP contribution in [-0.4, -0.2) is 86.9 Å². The van der Waals surface area contributed by atoms with Crippen molar-refractivity contribution < 1.29 is 0 Å². The van der Waals surface area contributed by atoms with Crippen LogP contribution in [0.3, 0.4) is 0 Å². The average Bonchev–Trinajstić information content (AvgIpc) is 3.89. The Kier molecular flexibility index (Phi) is 9.50. The molecule has 3 aromatic heterocycles. The molecule has 0 saturated heterocycles. The molecule has 0 aliphatic carbocycles. The van der Waals surface area contributed by atoms with Crippen molar-refractivity contribution >= 4 is 150 Å². The van der Waals surface area contributed by atoms with Gasteiger partial charge in [0.2, 0.25) is 5.95 Å². The van der Waals surface area contributed by atoms with Crippen molar-refractivity contribution in [3.05, 3.63) is 152 Å². The summed E-state index contributed by atoms with van der Waals surface area (Å²) in [5.41, 5.74) is 10.8. The van der Waals surface area contributed by atoms with Crippen LogP contribution in [0.4, 0.5) is 0 Å². The van der Waals surface area contributed by atoms with Crippen LogP contribution in [-0.2, 0) is 0 Å². The molecule has 278 valence electrons. The van der Waals surface area contributed by atoms with E-state index in [0.29, 0.717) is 66.2 Å². The maximum absolute atomic E-state index is 7.24. The molecule has 13 heteroatoms. The highest BCUT2D eigenvalue weighted by Gasteiger charge is 2.29. The van der Waals surface area contributed by atoms with E-state index in [1.807, 2.05) is 100 Å². The van der Waals surface area contributed by atoms with Crippen molar-refractivity contribution in [1.82, 2.24) is 24.1 Å². The highest BCUT2D eigenvalue weighted by molar-refractivity contribution is 6.66. The lowest BCUT2D eigenvalue weighted by molar-refractivity contribution is 0.955. The smallest absolute Gasteiger partial charge is 0.238 e. The maximum atomic E-state index is 7.24. The van der Waals surface area contributed by atoms with Crippen LogP contribution in [0.5, 0.6) is 0 Å². The molecule has 0 aliphatic heterocycles. The highest BCUT2D eigenvalue weighted by Crippen LogP contribution is 2.39. The van der Waals surface area contributed by atoms with E-state index in [4.69, 9.17) is 77.7 Å². The third-order valence-electron chi connectivity index (χ3n) is 12.0. The van der Waals surface area contributed by atoms with Gasteiger partial charge in [0, 0.05) is 38.6 Å². The molecule has 0 bridgehead atoms. The fourth-order valence-electron chi connectivity index (χ4n) is 9.06. The number of benzene rings is 8. The summed E-state index contributed by atoms with van der Waals surface area (Å²) in [5.74, 6) is 1.08. The molecule has 0 N–H and O–H groups in total. The Labute approximate surface area is 380 Å². The van der Waals surface area contributed by atoms with Gasteiger partial charge in [-0.2, -0.15) is 9.97 Å². The molecule has 0 atom stereocenters. The Balaban J connectivity index is 1.33. The summed E-state index contributed by atoms with van der Waals surface area (Å²) in [6.45, 7) is 0. The fraction of sp³-hybridized carbons (Fsp3) is 0. The van der Waals surface area contributed by atoms with E-state index < -0.39 is 0 Å². The predicted molar refractivity (Wildman–Crippen MR) is 273 cm³/mol. The molecule has 11 rings (SSSR count). The maximum Gasteiger partial charge on any atom is 0.238 e. The Morgan fingerprint density at radius 3 is 1.20 bits per heavy atom. The number of nitrogens with zero attached hydrogens (tertiary/aromatic N) is 5. The number of aromatic nitrogens is 5. The molecular formula is C51H25B8N5. The molecule has 0 unspecified atom stereocenters. The minimum absolute atomic E-state index is 0.217. The minimum Gasteiger partial charge on any atom is -0.308 e. The van der Waals surface area contributed by atoms with Gasteiger partial charge in [-0.3, -0.25) is 4.57 Å². The third kappa shape index (κ3) is 6.16. The Morgan fingerprint density at radius 1 is 0.297 bits per heavy atom. The van der Waals surface area contributed by atoms with Crippen molar-refractivity contribution in [2.24, 2.45) is 0 Å². The Hall–Kier alpha value is -7.11. The Morgan fingerprint density at radius 2 is 0.688 bits per heavy atom. The van der Waals surface area contributed by atoms with E-state index in [1.165, 1.54) is 0 Å². The van der Waals surface area contributed by atoms with E-state index in [-0.39, 0.29) is 38.7 Å². The van der Waals surface area contributed by atoms with Gasteiger partial charge in [0.05, 0.1) is 11.0 Å². The molecule has 8 aromatic carbocycles. The zero-order chi connectivity index (χ0) is 44.0. The van der Waals surface area contributed by atoms with Gasteiger partial charge in [-0.15, -0.1) is 10.9 Å². The predicted octanol–water partition coefficient (Wildman–Crippen LogP) is 3.08. The van der Waals surface area contributed by atoms with Crippen LogP contribution in [0, 0.1) is 0 Å². The molecule has 0 saturated carbocycles. The van der Waals surface area contributed by atoms with Gasteiger partial charge in [-0.25, -0.2) is 4.98 Å². The summed E-state index contributed by atoms with van der Waals surface area (Å²) < 4.78 is 3.91. The first kappa shape index (κ1) is 39.7. The first-order valence-corrected chi connectivity index (χ1v) is 20.5. The monoisotopic (exact) mass is 795 g/mol. The first-order valence-electron chi connectivity index (χ1n) is 20.5. The van der Waals surface area contributed by atoms with Gasteiger partial charge >= 0.3 is 0 Å². The summed E-state index contributed by atoms with van der Waals surface area (Å²) in [5, 5.41) is 2.01. The van der Waals surface area contributed by atoms with Crippen LogP contribution in [0.15, 0.2) is 152 Å². The second-order valence-electron chi connectivity index (χ2n) is 15.8. The van der Waals surface area contributed by atoms with Gasteiger partial charge in [0.25, 0.3) is 0 Å². The van der Waals surface area contributed by atoms with E-state index in [2.05, 4.69) is 48.5 Å². The van der Waals surface area contributed by atoms with E-state index in [1.54, 1.807) is 12.1 Å². The summed E-state index contributed by atoms with van der Waals surface area (Å²) >= 11 is 0. The first-order chi connectivity index (χ1) is 31.1. The molecule has 0 aliphatic rings. The van der Waals surface area contributed by atoms with Crippen LogP contribution >= 0.6 is 0 Å². The largest absolute Gasteiger partial charge is 0.308 e. The lowest BCUT2D eigenvalue weighted by atomic mass is 9.70. The SMILES string of the molecule is [B]c1cc([B])c2c(c1[B])c1c([B])c([B])c3c4c([B])c([B])cc([B])c4n(-c4nc(-c5ccccc5)nc(-c5ccccc5)n4)c3c1n2-c1cccc(-c2cccc(-c3ccccc3)c2)c1. The Bertz CT molecular complexity index is 3650. The molecule has 0 spiro atoms. The fourth-order valence-corrected chi connectivity index (χ4v) is 9.06. The number of fused-ring (bicyclic) bond motifs is 7. The second-order valence-corrected chi connectivity index (χ2v) is 15.8. The van der Waals surface area contributed by atoms with E-state index in [9.17, 15) is 0 Å². The lowest BCUT2D eigenvalue weighted by Crippen LogP contribution is -2.33. The van der Waals surface area contributed by atoms with Gasteiger partial charge in [0.1, 0.15) is 62.8 Å². The van der Waals surface area contributed by atoms with Crippen molar-refractivity contribution in [2.45, 2.75) is 0 Å². The molecule has 11 aromatic rings.